The largest absolute Gasteiger partial charge is 0.386 e. The SMILES string of the molecule is CCNC(=NCC(O)c1ccc(Cl)s1)NC1CCN(c2ncccc2F)C1. The van der Waals surface area contributed by atoms with E-state index in [4.69, 9.17) is 11.6 Å². The van der Waals surface area contributed by atoms with Crippen LogP contribution in [0.4, 0.5) is 10.2 Å². The van der Waals surface area contributed by atoms with Crippen molar-refractivity contribution in [2.24, 2.45) is 4.99 Å². The standard InChI is InChI=1S/C18H23ClFN5OS/c1-2-21-18(23-10-14(26)15-5-6-16(19)27-15)24-12-7-9-25(11-12)17-13(20)4-3-8-22-17/h3-6,8,12,14,26H,2,7,9-11H2,1H3,(H2,21,23,24). The summed E-state index contributed by atoms with van der Waals surface area (Å²) >= 11 is 7.27. The Morgan fingerprint density at radius 3 is 3.07 bits per heavy atom. The highest BCUT2D eigenvalue weighted by molar-refractivity contribution is 7.16. The third kappa shape index (κ3) is 5.31. The van der Waals surface area contributed by atoms with Crippen molar-refractivity contribution in [1.82, 2.24) is 15.6 Å². The minimum Gasteiger partial charge on any atom is -0.386 e. The van der Waals surface area contributed by atoms with Crippen molar-refractivity contribution >= 4 is 34.7 Å². The number of anilines is 1. The van der Waals surface area contributed by atoms with Crippen LogP contribution < -0.4 is 15.5 Å². The Morgan fingerprint density at radius 1 is 1.52 bits per heavy atom. The van der Waals surface area contributed by atoms with Gasteiger partial charge in [0.2, 0.25) is 0 Å². The van der Waals surface area contributed by atoms with E-state index in [9.17, 15) is 9.50 Å². The van der Waals surface area contributed by atoms with E-state index in [2.05, 4.69) is 20.6 Å². The molecule has 0 bridgehead atoms. The minimum atomic E-state index is -0.694. The molecule has 146 valence electrons. The van der Waals surface area contributed by atoms with Gasteiger partial charge >= 0.3 is 0 Å². The molecule has 0 amide bonds. The van der Waals surface area contributed by atoms with Gasteiger partial charge in [-0.15, -0.1) is 11.3 Å². The van der Waals surface area contributed by atoms with Crippen molar-refractivity contribution in [3.8, 4) is 0 Å². The fourth-order valence-corrected chi connectivity index (χ4v) is 4.01. The van der Waals surface area contributed by atoms with Gasteiger partial charge in [-0.25, -0.2) is 9.37 Å². The van der Waals surface area contributed by atoms with Gasteiger partial charge in [-0.05, 0) is 37.6 Å². The average molecular weight is 412 g/mol. The number of thiophene rings is 1. The molecule has 0 radical (unpaired) electrons. The zero-order chi connectivity index (χ0) is 19.2. The van der Waals surface area contributed by atoms with Crippen molar-refractivity contribution in [3.63, 3.8) is 0 Å². The van der Waals surface area contributed by atoms with E-state index < -0.39 is 6.10 Å². The van der Waals surface area contributed by atoms with Gasteiger partial charge in [0, 0.05) is 36.8 Å². The first kappa shape index (κ1) is 19.9. The van der Waals surface area contributed by atoms with Gasteiger partial charge in [0.15, 0.2) is 17.6 Å². The molecule has 27 heavy (non-hydrogen) atoms. The average Bonchev–Trinajstić information content (AvgIpc) is 3.29. The van der Waals surface area contributed by atoms with Crippen LogP contribution in [0.2, 0.25) is 4.34 Å². The summed E-state index contributed by atoms with van der Waals surface area (Å²) in [7, 11) is 0. The fraction of sp³-hybridized carbons (Fsp3) is 0.444. The van der Waals surface area contributed by atoms with Crippen LogP contribution in [0.1, 0.15) is 24.3 Å². The maximum absolute atomic E-state index is 13.9. The van der Waals surface area contributed by atoms with E-state index >= 15 is 0 Å². The molecule has 2 aromatic heterocycles. The van der Waals surface area contributed by atoms with Crippen LogP contribution >= 0.6 is 22.9 Å². The van der Waals surface area contributed by atoms with E-state index in [-0.39, 0.29) is 18.4 Å². The zero-order valence-electron chi connectivity index (χ0n) is 15.0. The Bertz CT molecular complexity index is 787. The molecule has 3 heterocycles. The van der Waals surface area contributed by atoms with Crippen molar-refractivity contribution in [2.45, 2.75) is 25.5 Å². The number of pyridine rings is 1. The van der Waals surface area contributed by atoms with E-state index in [0.29, 0.717) is 29.2 Å². The number of aromatic nitrogens is 1. The lowest BCUT2D eigenvalue weighted by atomic mass is 10.2. The second-order valence-corrected chi connectivity index (χ2v) is 8.01. The molecule has 1 fully saturated rings. The molecular weight excluding hydrogens is 389 g/mol. The molecule has 2 unspecified atom stereocenters. The van der Waals surface area contributed by atoms with Gasteiger partial charge in [0.05, 0.1) is 10.9 Å². The number of aliphatic imine (C=N–C) groups is 1. The predicted octanol–water partition coefficient (Wildman–Crippen LogP) is 2.80. The molecule has 2 aromatic rings. The number of rotatable bonds is 6. The van der Waals surface area contributed by atoms with E-state index in [1.807, 2.05) is 17.9 Å². The van der Waals surface area contributed by atoms with Crippen LogP contribution in [-0.2, 0) is 0 Å². The summed E-state index contributed by atoms with van der Waals surface area (Å²) in [5.41, 5.74) is 0. The lowest BCUT2D eigenvalue weighted by Crippen LogP contribution is -2.45. The predicted molar refractivity (Wildman–Crippen MR) is 108 cm³/mol. The molecule has 1 saturated heterocycles. The summed E-state index contributed by atoms with van der Waals surface area (Å²) < 4.78 is 14.6. The third-order valence-corrected chi connectivity index (χ3v) is 5.59. The highest BCUT2D eigenvalue weighted by Crippen LogP contribution is 2.27. The van der Waals surface area contributed by atoms with Crippen LogP contribution in [0.15, 0.2) is 35.5 Å². The van der Waals surface area contributed by atoms with Crippen molar-refractivity contribution in [1.29, 1.82) is 0 Å². The van der Waals surface area contributed by atoms with Crippen molar-refractivity contribution in [2.75, 3.05) is 31.1 Å². The quantitative estimate of drug-likeness (QED) is 0.503. The number of aliphatic hydroxyl groups excluding tert-OH is 1. The lowest BCUT2D eigenvalue weighted by Gasteiger charge is -2.20. The Balaban J connectivity index is 1.58. The number of nitrogens with one attached hydrogen (secondary N) is 2. The summed E-state index contributed by atoms with van der Waals surface area (Å²) in [5, 5.41) is 16.8. The molecular formula is C18H23ClFN5OS. The lowest BCUT2D eigenvalue weighted by molar-refractivity contribution is 0.191. The first-order chi connectivity index (χ1) is 13.1. The number of guanidine groups is 1. The zero-order valence-corrected chi connectivity index (χ0v) is 16.6. The molecule has 3 N–H and O–H groups in total. The molecule has 6 nitrogen and oxygen atoms in total. The normalized spacial score (nSPS) is 18.6. The number of hydrogen-bond donors (Lipinski definition) is 3. The van der Waals surface area contributed by atoms with E-state index in [1.165, 1.54) is 17.4 Å². The van der Waals surface area contributed by atoms with Gasteiger partial charge in [-0.3, -0.25) is 4.99 Å². The molecule has 1 aliphatic heterocycles. The first-order valence-corrected chi connectivity index (χ1v) is 10.1. The number of hydrogen-bond acceptors (Lipinski definition) is 5. The Morgan fingerprint density at radius 2 is 2.37 bits per heavy atom. The van der Waals surface area contributed by atoms with Gasteiger partial charge in [0.25, 0.3) is 0 Å². The van der Waals surface area contributed by atoms with Crippen LogP contribution in [0, 0.1) is 5.82 Å². The van der Waals surface area contributed by atoms with Gasteiger partial charge in [-0.2, -0.15) is 0 Å². The van der Waals surface area contributed by atoms with Crippen molar-refractivity contribution in [3.05, 3.63) is 45.5 Å². The van der Waals surface area contributed by atoms with Gasteiger partial charge in [0.1, 0.15) is 6.10 Å². The molecule has 3 rings (SSSR count). The molecule has 1 aliphatic rings. The Kier molecular flexibility index (Phi) is 6.87. The number of nitrogens with zero attached hydrogens (tertiary/aromatic N) is 3. The van der Waals surface area contributed by atoms with Crippen LogP contribution in [0.25, 0.3) is 0 Å². The minimum absolute atomic E-state index is 0.123. The highest BCUT2D eigenvalue weighted by atomic mass is 35.5. The highest BCUT2D eigenvalue weighted by Gasteiger charge is 2.26. The van der Waals surface area contributed by atoms with Crippen LogP contribution in [-0.4, -0.2) is 48.3 Å². The van der Waals surface area contributed by atoms with Gasteiger partial charge < -0.3 is 20.6 Å². The van der Waals surface area contributed by atoms with Crippen LogP contribution in [0.5, 0.6) is 0 Å². The summed E-state index contributed by atoms with van der Waals surface area (Å²) in [4.78, 5) is 11.3. The summed E-state index contributed by atoms with van der Waals surface area (Å²) in [5.74, 6) is 0.706. The molecule has 9 heteroatoms. The molecule has 0 aliphatic carbocycles. The maximum Gasteiger partial charge on any atom is 0.191 e. The second kappa shape index (κ2) is 9.34. The first-order valence-electron chi connectivity index (χ1n) is 8.90. The topological polar surface area (TPSA) is 72.8 Å². The second-order valence-electron chi connectivity index (χ2n) is 6.26. The Labute approximate surface area is 167 Å². The molecule has 0 spiro atoms. The molecule has 0 saturated carbocycles. The monoisotopic (exact) mass is 411 g/mol. The van der Waals surface area contributed by atoms with E-state index in [1.54, 1.807) is 18.3 Å². The van der Waals surface area contributed by atoms with Gasteiger partial charge in [-0.1, -0.05) is 11.6 Å². The van der Waals surface area contributed by atoms with Crippen LogP contribution in [0.3, 0.4) is 0 Å². The molecule has 0 aromatic carbocycles. The fourth-order valence-electron chi connectivity index (χ4n) is 2.97. The number of aliphatic hydroxyl groups is 1. The van der Waals surface area contributed by atoms with E-state index in [0.717, 1.165) is 17.8 Å². The molecule has 2 atom stereocenters. The smallest absolute Gasteiger partial charge is 0.191 e. The summed E-state index contributed by atoms with van der Waals surface area (Å²) in [6, 6.07) is 6.71. The third-order valence-electron chi connectivity index (χ3n) is 4.26. The van der Waals surface area contributed by atoms with Crippen molar-refractivity contribution < 1.29 is 9.50 Å². The summed E-state index contributed by atoms with van der Waals surface area (Å²) in [6.45, 7) is 4.29. The Hall–Kier alpha value is -1.90. The number of halogens is 2. The maximum atomic E-state index is 13.9. The summed E-state index contributed by atoms with van der Waals surface area (Å²) in [6.07, 6.45) is 1.76.